The van der Waals surface area contributed by atoms with E-state index < -0.39 is 29.7 Å². The van der Waals surface area contributed by atoms with Gasteiger partial charge in [0.1, 0.15) is 12.2 Å². The van der Waals surface area contributed by atoms with Crippen molar-refractivity contribution in [1.82, 2.24) is 0 Å². The monoisotopic (exact) mass is 444 g/mol. The zero-order chi connectivity index (χ0) is 23.8. The van der Waals surface area contributed by atoms with Gasteiger partial charge in [-0.25, -0.2) is 4.79 Å². The summed E-state index contributed by atoms with van der Waals surface area (Å²) in [4.78, 5) is 49.8. The molecule has 1 heterocycles. The molecule has 0 saturated carbocycles. The molecule has 0 fully saturated rings. The fraction of sp³-hybridized carbons (Fsp3) is 0.600. The third kappa shape index (κ3) is 4.30. The van der Waals surface area contributed by atoms with Crippen molar-refractivity contribution < 1.29 is 33.4 Å². The minimum atomic E-state index is -1.09. The van der Waals surface area contributed by atoms with Gasteiger partial charge in [0, 0.05) is 18.9 Å². The molecule has 3 aliphatic rings. The van der Waals surface area contributed by atoms with Gasteiger partial charge in [-0.1, -0.05) is 25.0 Å². The molecule has 32 heavy (non-hydrogen) atoms. The zero-order valence-electron chi connectivity index (χ0n) is 19.7. The lowest BCUT2D eigenvalue weighted by molar-refractivity contribution is -0.183. The Balaban J connectivity index is 2.21. The van der Waals surface area contributed by atoms with Crippen LogP contribution in [0.4, 0.5) is 0 Å². The molecule has 3 rings (SSSR count). The highest BCUT2D eigenvalue weighted by atomic mass is 16.6. The van der Waals surface area contributed by atoms with Gasteiger partial charge in [0.25, 0.3) is 0 Å². The van der Waals surface area contributed by atoms with Crippen LogP contribution in [0.2, 0.25) is 0 Å². The molecule has 0 bridgehead atoms. The highest BCUT2D eigenvalue weighted by Crippen LogP contribution is 2.51. The molecule has 0 spiro atoms. The average molecular weight is 445 g/mol. The Morgan fingerprint density at radius 2 is 1.88 bits per heavy atom. The summed E-state index contributed by atoms with van der Waals surface area (Å²) in [6.07, 6.45) is 2.90. The number of ketones is 1. The van der Waals surface area contributed by atoms with Crippen LogP contribution < -0.4 is 0 Å². The van der Waals surface area contributed by atoms with Gasteiger partial charge in [-0.3, -0.25) is 14.4 Å². The lowest BCUT2D eigenvalue weighted by atomic mass is 9.59. The first kappa shape index (κ1) is 24.0. The van der Waals surface area contributed by atoms with Crippen LogP contribution in [0.1, 0.15) is 67.2 Å². The van der Waals surface area contributed by atoms with E-state index in [-0.39, 0.29) is 30.1 Å². The Morgan fingerprint density at radius 3 is 2.50 bits per heavy atom. The van der Waals surface area contributed by atoms with Crippen molar-refractivity contribution in [3.8, 4) is 0 Å². The molecule has 5 atom stereocenters. The molecule has 0 saturated heterocycles. The number of hydrogen-bond donors (Lipinski definition) is 0. The zero-order valence-corrected chi connectivity index (χ0v) is 19.7. The molecule has 0 aromatic heterocycles. The van der Waals surface area contributed by atoms with Gasteiger partial charge in [0.15, 0.2) is 11.9 Å². The molecule has 174 valence electrons. The van der Waals surface area contributed by atoms with E-state index in [1.54, 1.807) is 13.8 Å². The molecule has 0 N–H and O–H groups in total. The van der Waals surface area contributed by atoms with Crippen LogP contribution in [0.15, 0.2) is 34.4 Å². The van der Waals surface area contributed by atoms with E-state index in [4.69, 9.17) is 14.2 Å². The number of carbonyl (C=O) groups excluding carboxylic acids is 4. The molecular formula is C25H32O7. The van der Waals surface area contributed by atoms with Crippen molar-refractivity contribution in [2.75, 3.05) is 0 Å². The fourth-order valence-electron chi connectivity index (χ4n) is 5.19. The topological polar surface area (TPSA) is 96.0 Å². The number of allylic oxidation sites excluding steroid dienone is 2. The van der Waals surface area contributed by atoms with Gasteiger partial charge in [0.2, 0.25) is 0 Å². The number of fused-ring (bicyclic) bond motifs is 2. The highest BCUT2D eigenvalue weighted by Gasteiger charge is 2.56. The molecule has 2 aliphatic carbocycles. The molecule has 0 amide bonds. The standard InChI is InChI=1S/C25H32O7/c1-7-22(28)32-21-9-8-13(2)10-20-17(15(4)24(29)31-20)12-18-14(3)11-19(27)23(25(18,21)6)30-16(5)26/h10-11,18,20-21,23H,7-9,12H2,1-6H3. The van der Waals surface area contributed by atoms with Crippen molar-refractivity contribution in [3.63, 3.8) is 0 Å². The maximum atomic E-state index is 13.1. The number of esters is 3. The second kappa shape index (κ2) is 9.04. The Hall–Kier alpha value is -2.70. The lowest BCUT2D eigenvalue weighted by Crippen LogP contribution is -2.57. The third-order valence-corrected chi connectivity index (χ3v) is 7.06. The van der Waals surface area contributed by atoms with Crippen molar-refractivity contribution in [2.24, 2.45) is 11.3 Å². The molecule has 5 unspecified atom stereocenters. The Labute approximate surface area is 188 Å². The predicted molar refractivity (Wildman–Crippen MR) is 116 cm³/mol. The van der Waals surface area contributed by atoms with Crippen LogP contribution in [0, 0.1) is 11.3 Å². The molecule has 7 heteroatoms. The van der Waals surface area contributed by atoms with Crippen LogP contribution in [0.3, 0.4) is 0 Å². The molecular weight excluding hydrogens is 412 g/mol. The summed E-state index contributed by atoms with van der Waals surface area (Å²) < 4.78 is 17.1. The van der Waals surface area contributed by atoms with Gasteiger partial charge >= 0.3 is 17.9 Å². The van der Waals surface area contributed by atoms with E-state index in [0.29, 0.717) is 24.8 Å². The Kier molecular flexibility index (Phi) is 6.77. The minimum absolute atomic E-state index is 0.196. The second-order valence-corrected chi connectivity index (χ2v) is 9.26. The van der Waals surface area contributed by atoms with Crippen molar-refractivity contribution in [2.45, 2.75) is 85.5 Å². The minimum Gasteiger partial charge on any atom is -0.462 e. The normalized spacial score (nSPS) is 32.8. The number of hydrogen-bond acceptors (Lipinski definition) is 7. The lowest BCUT2D eigenvalue weighted by Gasteiger charge is -2.49. The Bertz CT molecular complexity index is 938. The van der Waals surface area contributed by atoms with Gasteiger partial charge in [0.05, 0.1) is 5.41 Å². The molecule has 7 nitrogen and oxygen atoms in total. The van der Waals surface area contributed by atoms with E-state index in [1.807, 2.05) is 26.8 Å². The quantitative estimate of drug-likeness (QED) is 0.371. The maximum absolute atomic E-state index is 13.1. The third-order valence-electron chi connectivity index (χ3n) is 7.06. The SMILES string of the molecule is CCC(=O)OC1CCC(C)=CC2OC(=O)C(C)=C2CC2C(C)=CC(=O)C(OC(C)=O)C12C. The van der Waals surface area contributed by atoms with E-state index in [1.165, 1.54) is 13.0 Å². The molecule has 0 radical (unpaired) electrons. The smallest absolute Gasteiger partial charge is 0.334 e. The number of rotatable bonds is 3. The van der Waals surface area contributed by atoms with Crippen molar-refractivity contribution in [1.29, 1.82) is 0 Å². The summed E-state index contributed by atoms with van der Waals surface area (Å²) in [5.41, 5.74) is 2.19. The fourth-order valence-corrected chi connectivity index (χ4v) is 5.19. The van der Waals surface area contributed by atoms with E-state index in [2.05, 4.69) is 0 Å². The van der Waals surface area contributed by atoms with Crippen LogP contribution >= 0.6 is 0 Å². The largest absolute Gasteiger partial charge is 0.462 e. The number of carbonyl (C=O) groups is 4. The van der Waals surface area contributed by atoms with E-state index in [0.717, 1.165) is 16.7 Å². The first-order valence-corrected chi connectivity index (χ1v) is 11.2. The van der Waals surface area contributed by atoms with Gasteiger partial charge in [-0.15, -0.1) is 0 Å². The van der Waals surface area contributed by atoms with Crippen molar-refractivity contribution >= 4 is 23.7 Å². The van der Waals surface area contributed by atoms with Gasteiger partial charge in [-0.05, 0) is 63.7 Å². The molecule has 1 aliphatic heterocycles. The highest BCUT2D eigenvalue weighted by molar-refractivity contribution is 5.97. The predicted octanol–water partition coefficient (Wildman–Crippen LogP) is 3.76. The van der Waals surface area contributed by atoms with Gasteiger partial charge in [-0.2, -0.15) is 0 Å². The van der Waals surface area contributed by atoms with Crippen molar-refractivity contribution in [3.05, 3.63) is 34.4 Å². The summed E-state index contributed by atoms with van der Waals surface area (Å²) in [5, 5.41) is 0. The van der Waals surface area contributed by atoms with Crippen LogP contribution in [0.5, 0.6) is 0 Å². The summed E-state index contributed by atoms with van der Waals surface area (Å²) in [6.45, 7) is 10.4. The molecule has 0 aromatic carbocycles. The second-order valence-electron chi connectivity index (χ2n) is 9.26. The van der Waals surface area contributed by atoms with Crippen LogP contribution in [0.25, 0.3) is 0 Å². The van der Waals surface area contributed by atoms with E-state index in [9.17, 15) is 19.2 Å². The number of ether oxygens (including phenoxy) is 3. The molecule has 0 aromatic rings. The Morgan fingerprint density at radius 1 is 1.19 bits per heavy atom. The first-order valence-electron chi connectivity index (χ1n) is 11.2. The van der Waals surface area contributed by atoms with Gasteiger partial charge < -0.3 is 14.2 Å². The maximum Gasteiger partial charge on any atom is 0.334 e. The van der Waals surface area contributed by atoms with E-state index >= 15 is 0 Å². The van der Waals surface area contributed by atoms with Crippen LogP contribution in [-0.2, 0) is 33.4 Å². The van der Waals surface area contributed by atoms with Crippen LogP contribution in [-0.4, -0.2) is 42.0 Å². The summed E-state index contributed by atoms with van der Waals surface area (Å²) in [7, 11) is 0. The summed E-state index contributed by atoms with van der Waals surface area (Å²) in [6, 6.07) is 0. The average Bonchev–Trinajstić information content (AvgIpc) is 2.97. The summed E-state index contributed by atoms with van der Waals surface area (Å²) in [5.74, 6) is -1.92. The first-order chi connectivity index (χ1) is 15.0. The summed E-state index contributed by atoms with van der Waals surface area (Å²) >= 11 is 0.